The zero-order chi connectivity index (χ0) is 23.0. The van der Waals surface area contributed by atoms with E-state index in [9.17, 15) is 19.7 Å². The molecule has 2 heterocycles. The van der Waals surface area contributed by atoms with Crippen LogP contribution in [0.2, 0.25) is 0 Å². The fraction of sp³-hybridized carbons (Fsp3) is 0.136. The van der Waals surface area contributed by atoms with E-state index in [2.05, 4.69) is 5.10 Å². The van der Waals surface area contributed by atoms with Crippen molar-refractivity contribution in [3.05, 3.63) is 86.5 Å². The van der Waals surface area contributed by atoms with E-state index in [1.54, 1.807) is 48.0 Å². The average molecular weight is 434 g/mol. The lowest BCUT2D eigenvalue weighted by Gasteiger charge is -2.13. The van der Waals surface area contributed by atoms with Crippen LogP contribution in [0.25, 0.3) is 22.6 Å². The van der Waals surface area contributed by atoms with E-state index in [1.165, 1.54) is 37.2 Å². The molecule has 0 radical (unpaired) electrons. The second-order valence-corrected chi connectivity index (χ2v) is 6.98. The Morgan fingerprint density at radius 2 is 1.81 bits per heavy atom. The van der Waals surface area contributed by atoms with E-state index in [1.807, 2.05) is 0 Å². The third-order valence-electron chi connectivity index (χ3n) is 5.06. The SMILES string of the molecule is COC(=O)c1cn(-c2ccc([N+](=O)[O-])cc2C)cc2c(=O)n(-c3ccc(OC)cc3)nc1-2. The molecule has 10 nitrogen and oxygen atoms in total. The average Bonchev–Trinajstić information content (AvgIpc) is 3.14. The topological polar surface area (TPSA) is 118 Å². The summed E-state index contributed by atoms with van der Waals surface area (Å²) < 4.78 is 12.8. The zero-order valence-corrected chi connectivity index (χ0v) is 17.4. The highest BCUT2D eigenvalue weighted by molar-refractivity contribution is 5.96. The molecule has 0 atom stereocenters. The van der Waals surface area contributed by atoms with Crippen molar-refractivity contribution in [2.75, 3.05) is 14.2 Å². The Bertz CT molecular complexity index is 1370. The van der Waals surface area contributed by atoms with Gasteiger partial charge in [-0.1, -0.05) is 0 Å². The van der Waals surface area contributed by atoms with Gasteiger partial charge in [-0.05, 0) is 42.8 Å². The summed E-state index contributed by atoms with van der Waals surface area (Å²) in [6.45, 7) is 1.70. The molecule has 0 fully saturated rings. The first-order chi connectivity index (χ1) is 15.3. The summed E-state index contributed by atoms with van der Waals surface area (Å²) in [5, 5.41) is 15.4. The molecule has 2 aromatic rings. The summed E-state index contributed by atoms with van der Waals surface area (Å²) in [5.41, 5.74) is 1.65. The standard InChI is InChI=1S/C22H18N4O6/c1-13-10-15(26(29)30)6-9-19(13)24-11-17-20(18(12-24)22(28)32-3)23-25(21(17)27)14-4-7-16(31-2)8-5-14/h4-12H,1-3H3. The van der Waals surface area contributed by atoms with Gasteiger partial charge in [-0.2, -0.15) is 9.78 Å². The maximum atomic E-state index is 13.2. The highest BCUT2D eigenvalue weighted by Gasteiger charge is 2.25. The van der Waals surface area contributed by atoms with Crippen LogP contribution in [-0.2, 0) is 4.74 Å². The molecule has 0 aromatic heterocycles. The van der Waals surface area contributed by atoms with Gasteiger partial charge in [-0.25, -0.2) is 4.79 Å². The lowest BCUT2D eigenvalue weighted by Crippen LogP contribution is -2.15. The van der Waals surface area contributed by atoms with E-state index in [0.717, 1.165) is 0 Å². The molecule has 0 N–H and O–H groups in total. The van der Waals surface area contributed by atoms with Gasteiger partial charge in [0.1, 0.15) is 17.0 Å². The largest absolute Gasteiger partial charge is 0.497 e. The quantitative estimate of drug-likeness (QED) is 0.269. The molecule has 0 spiro atoms. The number of hydrogen-bond acceptors (Lipinski definition) is 7. The first kappa shape index (κ1) is 20.8. The van der Waals surface area contributed by atoms with Crippen LogP contribution < -0.4 is 10.3 Å². The minimum Gasteiger partial charge on any atom is -0.497 e. The third-order valence-corrected chi connectivity index (χ3v) is 5.06. The molecule has 0 bridgehead atoms. The maximum absolute atomic E-state index is 13.2. The van der Waals surface area contributed by atoms with E-state index in [0.29, 0.717) is 22.7 Å². The Morgan fingerprint density at radius 1 is 1.09 bits per heavy atom. The Labute approximate surface area is 181 Å². The van der Waals surface area contributed by atoms with Gasteiger partial charge < -0.3 is 14.0 Å². The number of carbonyl (C=O) groups excluding carboxylic acids is 1. The molecule has 0 unspecified atom stereocenters. The van der Waals surface area contributed by atoms with Crippen molar-refractivity contribution in [3.8, 4) is 28.4 Å². The number of nitro benzene ring substituents is 1. The van der Waals surface area contributed by atoms with Crippen molar-refractivity contribution in [1.82, 2.24) is 14.3 Å². The van der Waals surface area contributed by atoms with Crippen LogP contribution >= 0.6 is 0 Å². The van der Waals surface area contributed by atoms with Crippen molar-refractivity contribution >= 4 is 11.7 Å². The number of rotatable bonds is 5. The van der Waals surface area contributed by atoms with E-state index in [4.69, 9.17) is 9.47 Å². The number of non-ortho nitro benzene ring substituents is 1. The molecular weight excluding hydrogens is 416 g/mol. The molecule has 0 saturated heterocycles. The van der Waals surface area contributed by atoms with Crippen LogP contribution in [-0.4, -0.2) is 39.5 Å². The predicted molar refractivity (Wildman–Crippen MR) is 115 cm³/mol. The number of fused-ring (bicyclic) bond motifs is 1. The fourth-order valence-corrected chi connectivity index (χ4v) is 3.45. The number of nitro groups is 1. The lowest BCUT2D eigenvalue weighted by molar-refractivity contribution is -0.384. The van der Waals surface area contributed by atoms with E-state index < -0.39 is 16.5 Å². The molecule has 10 heteroatoms. The zero-order valence-electron chi connectivity index (χ0n) is 17.4. The highest BCUT2D eigenvalue weighted by Crippen LogP contribution is 2.27. The summed E-state index contributed by atoms with van der Waals surface area (Å²) in [6, 6.07) is 11.1. The number of ether oxygens (including phenoxy) is 2. The second-order valence-electron chi connectivity index (χ2n) is 6.98. The van der Waals surface area contributed by atoms with Crippen molar-refractivity contribution in [1.29, 1.82) is 0 Å². The van der Waals surface area contributed by atoms with Crippen LogP contribution in [0.4, 0.5) is 5.69 Å². The van der Waals surface area contributed by atoms with E-state index >= 15 is 0 Å². The Kier molecular flexibility index (Phi) is 5.19. The Hall–Kier alpha value is -4.47. The first-order valence-corrected chi connectivity index (χ1v) is 9.47. The predicted octanol–water partition coefficient (Wildman–Crippen LogP) is 3.14. The molecule has 0 saturated carbocycles. The molecular formula is C22H18N4O6. The molecule has 2 aromatic carbocycles. The molecule has 2 aliphatic heterocycles. The molecule has 162 valence electrons. The van der Waals surface area contributed by atoms with Crippen LogP contribution in [0.3, 0.4) is 0 Å². The number of nitrogens with zero attached hydrogens (tertiary/aromatic N) is 4. The van der Waals surface area contributed by atoms with Gasteiger partial charge in [0.25, 0.3) is 11.2 Å². The Balaban J connectivity index is 1.94. The van der Waals surface area contributed by atoms with Crippen LogP contribution in [0.1, 0.15) is 15.9 Å². The second kappa shape index (κ2) is 7.99. The van der Waals surface area contributed by atoms with Gasteiger partial charge in [-0.15, -0.1) is 0 Å². The number of methoxy groups -OCH3 is 2. The number of carbonyl (C=O) groups is 1. The molecule has 0 amide bonds. The molecule has 4 rings (SSSR count). The summed E-state index contributed by atoms with van der Waals surface area (Å²) in [6.07, 6.45) is 3.04. The summed E-state index contributed by atoms with van der Waals surface area (Å²) in [4.78, 5) is 36.2. The van der Waals surface area contributed by atoms with Gasteiger partial charge in [0.15, 0.2) is 0 Å². The highest BCUT2D eigenvalue weighted by atomic mass is 16.6. The normalized spacial score (nSPS) is 10.8. The number of pyridine rings is 1. The maximum Gasteiger partial charge on any atom is 0.341 e. The van der Waals surface area contributed by atoms with Crippen molar-refractivity contribution < 1.29 is 19.2 Å². The summed E-state index contributed by atoms with van der Waals surface area (Å²) in [5.74, 6) is -0.0389. The smallest absolute Gasteiger partial charge is 0.341 e. The number of aryl methyl sites for hydroxylation is 1. The molecule has 2 aliphatic rings. The van der Waals surface area contributed by atoms with Crippen LogP contribution in [0.5, 0.6) is 5.75 Å². The molecule has 32 heavy (non-hydrogen) atoms. The number of hydrogen-bond donors (Lipinski definition) is 0. The monoisotopic (exact) mass is 434 g/mol. The first-order valence-electron chi connectivity index (χ1n) is 9.47. The summed E-state index contributed by atoms with van der Waals surface area (Å²) >= 11 is 0. The van der Waals surface area contributed by atoms with Crippen molar-refractivity contribution in [3.63, 3.8) is 0 Å². The van der Waals surface area contributed by atoms with Gasteiger partial charge in [0, 0.05) is 30.2 Å². The minimum atomic E-state index is -0.664. The van der Waals surface area contributed by atoms with Crippen LogP contribution in [0.15, 0.2) is 59.7 Å². The molecule has 0 aliphatic carbocycles. The number of benzene rings is 2. The van der Waals surface area contributed by atoms with Gasteiger partial charge in [0.2, 0.25) is 0 Å². The Morgan fingerprint density at radius 3 is 2.41 bits per heavy atom. The summed E-state index contributed by atoms with van der Waals surface area (Å²) in [7, 11) is 2.78. The van der Waals surface area contributed by atoms with Gasteiger partial charge in [0.05, 0.1) is 30.4 Å². The minimum absolute atomic E-state index is 0.0574. The fourth-order valence-electron chi connectivity index (χ4n) is 3.45. The van der Waals surface area contributed by atoms with Crippen LogP contribution in [0, 0.1) is 17.0 Å². The lowest BCUT2D eigenvalue weighted by atomic mass is 10.1. The third kappa shape index (κ3) is 3.47. The van der Waals surface area contributed by atoms with Crippen molar-refractivity contribution in [2.45, 2.75) is 6.92 Å². The van der Waals surface area contributed by atoms with Crippen molar-refractivity contribution in [2.24, 2.45) is 0 Å². The van der Waals surface area contributed by atoms with Gasteiger partial charge in [-0.3, -0.25) is 14.9 Å². The number of aromatic nitrogens is 3. The van der Waals surface area contributed by atoms with Gasteiger partial charge >= 0.3 is 5.97 Å². The van der Waals surface area contributed by atoms with E-state index in [-0.39, 0.29) is 22.5 Å². The number of esters is 1.